The maximum absolute atomic E-state index is 4.50. The van der Waals surface area contributed by atoms with Crippen LogP contribution in [0, 0.1) is 19.3 Å². The van der Waals surface area contributed by atoms with Crippen LogP contribution in [-0.4, -0.2) is 21.3 Å². The molecule has 0 spiro atoms. The lowest BCUT2D eigenvalue weighted by atomic mass is 9.85. The highest BCUT2D eigenvalue weighted by Gasteiger charge is 2.34. The molecule has 2 aromatic rings. The lowest BCUT2D eigenvalue weighted by Crippen LogP contribution is -2.40. The summed E-state index contributed by atoms with van der Waals surface area (Å²) in [6.45, 7) is 12.9. The van der Waals surface area contributed by atoms with E-state index in [1.165, 1.54) is 16.7 Å². The first-order chi connectivity index (χ1) is 9.88. The summed E-state index contributed by atoms with van der Waals surface area (Å²) in [5, 5.41) is 12.6. The van der Waals surface area contributed by atoms with Crippen LogP contribution in [0.5, 0.6) is 0 Å². The van der Waals surface area contributed by atoms with Gasteiger partial charge in [0, 0.05) is 18.7 Å². The zero-order chi connectivity index (χ0) is 15.2. The second kappa shape index (κ2) is 4.95. The van der Waals surface area contributed by atoms with E-state index >= 15 is 0 Å². The van der Waals surface area contributed by atoms with Crippen LogP contribution in [0.15, 0.2) is 18.2 Å². The van der Waals surface area contributed by atoms with Gasteiger partial charge < -0.3 is 9.88 Å². The molecular weight excluding hydrogens is 260 g/mol. The van der Waals surface area contributed by atoms with Gasteiger partial charge in [0.2, 0.25) is 0 Å². The smallest absolute Gasteiger partial charge is 0.164 e. The van der Waals surface area contributed by atoms with Crippen LogP contribution < -0.4 is 5.32 Å². The Morgan fingerprint density at radius 1 is 1.19 bits per heavy atom. The predicted molar refractivity (Wildman–Crippen MR) is 85.1 cm³/mol. The topological polar surface area (TPSA) is 42.7 Å². The average Bonchev–Trinajstić information content (AvgIpc) is 2.81. The molecule has 1 aliphatic heterocycles. The summed E-state index contributed by atoms with van der Waals surface area (Å²) in [5.41, 5.74) is 3.86. The van der Waals surface area contributed by atoms with Gasteiger partial charge in [-0.15, -0.1) is 10.2 Å². The molecule has 0 amide bonds. The first kappa shape index (κ1) is 14.3. The summed E-state index contributed by atoms with van der Waals surface area (Å²) in [5.74, 6) is 2.06. The van der Waals surface area contributed by atoms with E-state index in [9.17, 15) is 0 Å². The van der Waals surface area contributed by atoms with Gasteiger partial charge in [0.05, 0.1) is 6.04 Å². The summed E-state index contributed by atoms with van der Waals surface area (Å²) in [7, 11) is 0. The molecule has 1 aromatic carbocycles. The third-order valence-electron chi connectivity index (χ3n) is 4.21. The maximum Gasteiger partial charge on any atom is 0.164 e. The molecule has 0 aliphatic carbocycles. The van der Waals surface area contributed by atoms with Crippen molar-refractivity contribution in [3.63, 3.8) is 0 Å². The van der Waals surface area contributed by atoms with E-state index in [2.05, 4.69) is 72.9 Å². The standard InChI is InChI=1S/C17H24N4/c1-11-6-7-13(12(2)10-11)15-19-20-16-14(17(3,4)5)18-8-9-21(15)16/h6-7,10,14,18H,8-9H2,1-5H3. The summed E-state index contributed by atoms with van der Waals surface area (Å²) in [6.07, 6.45) is 0. The maximum atomic E-state index is 4.50. The van der Waals surface area contributed by atoms with Crippen molar-refractivity contribution in [3.05, 3.63) is 35.2 Å². The van der Waals surface area contributed by atoms with Crippen LogP contribution in [-0.2, 0) is 6.54 Å². The molecule has 2 heterocycles. The largest absolute Gasteiger partial charge is 0.308 e. The number of hydrogen-bond donors (Lipinski definition) is 1. The lowest BCUT2D eigenvalue weighted by Gasteiger charge is -2.34. The number of hydrogen-bond acceptors (Lipinski definition) is 3. The van der Waals surface area contributed by atoms with Gasteiger partial charge in [-0.25, -0.2) is 0 Å². The Labute approximate surface area is 126 Å². The predicted octanol–water partition coefficient (Wildman–Crippen LogP) is 3.25. The molecule has 3 rings (SSSR count). The van der Waals surface area contributed by atoms with E-state index in [1.807, 2.05) is 0 Å². The normalized spacial score (nSPS) is 18.6. The fourth-order valence-electron chi connectivity index (χ4n) is 3.12. The van der Waals surface area contributed by atoms with E-state index < -0.39 is 0 Å². The van der Waals surface area contributed by atoms with Crippen molar-refractivity contribution in [2.24, 2.45) is 5.41 Å². The highest BCUT2D eigenvalue weighted by molar-refractivity contribution is 5.61. The van der Waals surface area contributed by atoms with Crippen LogP contribution >= 0.6 is 0 Å². The van der Waals surface area contributed by atoms with Gasteiger partial charge in [-0.1, -0.05) is 44.5 Å². The second-order valence-electron chi connectivity index (χ2n) is 7.10. The summed E-state index contributed by atoms with van der Waals surface area (Å²) >= 11 is 0. The van der Waals surface area contributed by atoms with Crippen LogP contribution in [0.25, 0.3) is 11.4 Å². The molecule has 1 atom stereocenters. The minimum Gasteiger partial charge on any atom is -0.308 e. The Morgan fingerprint density at radius 3 is 2.62 bits per heavy atom. The molecule has 1 aliphatic rings. The van der Waals surface area contributed by atoms with E-state index in [1.54, 1.807) is 0 Å². The fraction of sp³-hybridized carbons (Fsp3) is 0.529. The molecular formula is C17H24N4. The molecule has 1 N–H and O–H groups in total. The van der Waals surface area contributed by atoms with Gasteiger partial charge >= 0.3 is 0 Å². The number of rotatable bonds is 1. The molecule has 21 heavy (non-hydrogen) atoms. The first-order valence-corrected chi connectivity index (χ1v) is 7.62. The highest BCUT2D eigenvalue weighted by Crippen LogP contribution is 2.35. The molecule has 0 radical (unpaired) electrons. The van der Waals surface area contributed by atoms with Crippen molar-refractivity contribution in [1.29, 1.82) is 0 Å². The molecule has 1 aromatic heterocycles. The van der Waals surface area contributed by atoms with Crippen molar-refractivity contribution < 1.29 is 0 Å². The van der Waals surface area contributed by atoms with Crippen molar-refractivity contribution in [1.82, 2.24) is 20.1 Å². The SMILES string of the molecule is Cc1ccc(-c2nnc3n2CCNC3C(C)(C)C)c(C)c1. The molecule has 0 fully saturated rings. The van der Waals surface area contributed by atoms with Crippen molar-refractivity contribution in [2.45, 2.75) is 47.2 Å². The fourth-order valence-corrected chi connectivity index (χ4v) is 3.12. The third-order valence-corrected chi connectivity index (χ3v) is 4.21. The van der Waals surface area contributed by atoms with Crippen LogP contribution in [0.1, 0.15) is 43.8 Å². The highest BCUT2D eigenvalue weighted by atomic mass is 15.3. The molecule has 0 saturated heterocycles. The molecule has 112 valence electrons. The van der Waals surface area contributed by atoms with Crippen molar-refractivity contribution >= 4 is 0 Å². The number of nitrogens with one attached hydrogen (secondary N) is 1. The molecule has 4 heteroatoms. The van der Waals surface area contributed by atoms with Gasteiger partial charge in [0.1, 0.15) is 0 Å². The number of nitrogens with zero attached hydrogens (tertiary/aromatic N) is 3. The zero-order valence-electron chi connectivity index (χ0n) is 13.6. The third kappa shape index (κ3) is 2.48. The monoisotopic (exact) mass is 284 g/mol. The van der Waals surface area contributed by atoms with Gasteiger partial charge in [-0.3, -0.25) is 0 Å². The molecule has 0 bridgehead atoms. The van der Waals surface area contributed by atoms with Crippen LogP contribution in [0.3, 0.4) is 0 Å². The van der Waals surface area contributed by atoms with Crippen molar-refractivity contribution in [2.75, 3.05) is 6.54 Å². The van der Waals surface area contributed by atoms with E-state index in [0.29, 0.717) is 0 Å². The Hall–Kier alpha value is -1.68. The average molecular weight is 284 g/mol. The number of benzene rings is 1. The molecule has 0 saturated carbocycles. The summed E-state index contributed by atoms with van der Waals surface area (Å²) in [4.78, 5) is 0. The quantitative estimate of drug-likeness (QED) is 0.874. The Morgan fingerprint density at radius 2 is 1.95 bits per heavy atom. The minimum absolute atomic E-state index is 0.130. The van der Waals surface area contributed by atoms with E-state index in [0.717, 1.165) is 24.7 Å². The van der Waals surface area contributed by atoms with Gasteiger partial charge in [0.25, 0.3) is 0 Å². The molecule has 4 nitrogen and oxygen atoms in total. The summed E-state index contributed by atoms with van der Waals surface area (Å²) < 4.78 is 2.28. The van der Waals surface area contributed by atoms with Gasteiger partial charge in [-0.05, 0) is 24.8 Å². The lowest BCUT2D eigenvalue weighted by molar-refractivity contribution is 0.234. The van der Waals surface area contributed by atoms with Crippen LogP contribution in [0.2, 0.25) is 0 Å². The number of aryl methyl sites for hydroxylation is 2. The Bertz CT molecular complexity index is 664. The molecule has 1 unspecified atom stereocenters. The Kier molecular flexibility index (Phi) is 3.36. The summed E-state index contributed by atoms with van der Waals surface area (Å²) in [6, 6.07) is 6.76. The van der Waals surface area contributed by atoms with Crippen molar-refractivity contribution in [3.8, 4) is 11.4 Å². The van der Waals surface area contributed by atoms with E-state index in [-0.39, 0.29) is 11.5 Å². The Balaban J connectivity index is 2.09. The number of aromatic nitrogens is 3. The zero-order valence-corrected chi connectivity index (χ0v) is 13.6. The van der Waals surface area contributed by atoms with Gasteiger partial charge in [-0.2, -0.15) is 0 Å². The van der Waals surface area contributed by atoms with E-state index in [4.69, 9.17) is 0 Å². The van der Waals surface area contributed by atoms with Gasteiger partial charge in [0.15, 0.2) is 11.6 Å². The second-order valence-corrected chi connectivity index (χ2v) is 7.10. The number of fused-ring (bicyclic) bond motifs is 1. The first-order valence-electron chi connectivity index (χ1n) is 7.62. The van der Waals surface area contributed by atoms with Crippen LogP contribution in [0.4, 0.5) is 0 Å². The minimum atomic E-state index is 0.130.